The molecule has 3 heterocycles. The first kappa shape index (κ1) is 20.0. The molecule has 158 valence electrons. The second-order valence-electron chi connectivity index (χ2n) is 7.01. The van der Waals surface area contributed by atoms with Crippen LogP contribution in [0.15, 0.2) is 71.6 Å². The van der Waals surface area contributed by atoms with Crippen LogP contribution in [0.5, 0.6) is 0 Å². The molecule has 0 aliphatic carbocycles. The Labute approximate surface area is 189 Å². The number of fused-ring (bicyclic) bond motifs is 1. The maximum Gasteiger partial charge on any atom is 0.256 e. The van der Waals surface area contributed by atoms with Gasteiger partial charge in [-0.3, -0.25) is 4.79 Å². The number of amides is 1. The predicted molar refractivity (Wildman–Crippen MR) is 121 cm³/mol. The molecule has 0 bridgehead atoms. The molecular formula is C22H15BrFN7O. The quantitative estimate of drug-likeness (QED) is 0.400. The molecule has 3 aromatic heterocycles. The molecule has 0 aliphatic rings. The van der Waals surface area contributed by atoms with E-state index in [-0.39, 0.29) is 11.7 Å². The fourth-order valence-corrected chi connectivity index (χ4v) is 3.58. The third-order valence-electron chi connectivity index (χ3n) is 4.80. The molecule has 0 unspecified atom stereocenters. The summed E-state index contributed by atoms with van der Waals surface area (Å²) in [5.74, 6) is 0.317. The van der Waals surface area contributed by atoms with Crippen LogP contribution < -0.4 is 5.32 Å². The Balaban J connectivity index is 1.55. The van der Waals surface area contributed by atoms with Gasteiger partial charge in [0.25, 0.3) is 5.91 Å². The van der Waals surface area contributed by atoms with E-state index < -0.39 is 0 Å². The summed E-state index contributed by atoms with van der Waals surface area (Å²) >= 11 is 3.37. The fourth-order valence-electron chi connectivity index (χ4n) is 3.31. The van der Waals surface area contributed by atoms with Gasteiger partial charge in [-0.05, 0) is 55.5 Å². The summed E-state index contributed by atoms with van der Waals surface area (Å²) in [6.07, 6.45) is 3.02. The van der Waals surface area contributed by atoms with Crippen LogP contribution in [0, 0.1) is 12.7 Å². The van der Waals surface area contributed by atoms with E-state index >= 15 is 0 Å². The second-order valence-corrected chi connectivity index (χ2v) is 7.93. The van der Waals surface area contributed by atoms with Crippen LogP contribution in [0.4, 0.5) is 10.2 Å². The molecule has 32 heavy (non-hydrogen) atoms. The van der Waals surface area contributed by atoms with Crippen LogP contribution in [0.3, 0.4) is 0 Å². The molecule has 0 atom stereocenters. The van der Waals surface area contributed by atoms with E-state index in [1.807, 2.05) is 6.92 Å². The Kier molecular flexibility index (Phi) is 4.98. The van der Waals surface area contributed by atoms with Crippen molar-refractivity contribution in [3.05, 3.63) is 88.7 Å². The lowest BCUT2D eigenvalue weighted by Gasteiger charge is -2.09. The van der Waals surface area contributed by atoms with E-state index in [2.05, 4.69) is 41.4 Å². The topological polar surface area (TPSA) is 90.5 Å². The van der Waals surface area contributed by atoms with Gasteiger partial charge in [0.15, 0.2) is 11.5 Å². The number of benzene rings is 2. The molecule has 0 saturated carbocycles. The summed E-state index contributed by atoms with van der Waals surface area (Å²) in [5, 5.41) is 12.4. The van der Waals surface area contributed by atoms with Crippen molar-refractivity contribution in [3.8, 4) is 11.5 Å². The highest BCUT2D eigenvalue weighted by molar-refractivity contribution is 9.10. The highest BCUT2D eigenvalue weighted by atomic mass is 79.9. The highest BCUT2D eigenvalue weighted by Gasteiger charge is 2.18. The number of rotatable bonds is 4. The molecule has 0 spiro atoms. The number of anilines is 1. The Bertz CT molecular complexity index is 1440. The molecule has 0 fully saturated rings. The van der Waals surface area contributed by atoms with Crippen LogP contribution in [0.1, 0.15) is 16.1 Å². The van der Waals surface area contributed by atoms with E-state index in [1.165, 1.54) is 18.5 Å². The van der Waals surface area contributed by atoms with Gasteiger partial charge in [-0.15, -0.1) is 0 Å². The van der Waals surface area contributed by atoms with Crippen LogP contribution in [0.25, 0.3) is 22.5 Å². The lowest BCUT2D eigenvalue weighted by molar-refractivity contribution is 0.102. The lowest BCUT2D eigenvalue weighted by Crippen LogP contribution is -2.15. The van der Waals surface area contributed by atoms with Gasteiger partial charge in [0.05, 0.1) is 23.0 Å². The van der Waals surface area contributed by atoms with Crippen molar-refractivity contribution in [2.75, 3.05) is 5.32 Å². The molecule has 0 saturated heterocycles. The maximum atomic E-state index is 13.3. The van der Waals surface area contributed by atoms with Crippen molar-refractivity contribution in [2.45, 2.75) is 6.92 Å². The zero-order chi connectivity index (χ0) is 22.2. The van der Waals surface area contributed by atoms with Gasteiger partial charge in [-0.1, -0.05) is 15.9 Å². The van der Waals surface area contributed by atoms with Gasteiger partial charge in [0.1, 0.15) is 18.0 Å². The first-order chi connectivity index (χ1) is 15.5. The number of carbonyl (C=O) groups excluding carboxylic acids is 1. The number of hydrogen-bond acceptors (Lipinski definition) is 5. The molecule has 5 rings (SSSR count). The number of halogens is 2. The van der Waals surface area contributed by atoms with Gasteiger partial charge in [-0.25, -0.2) is 19.0 Å². The zero-order valence-corrected chi connectivity index (χ0v) is 18.3. The van der Waals surface area contributed by atoms with E-state index in [1.54, 1.807) is 58.0 Å². The average molecular weight is 492 g/mol. The Morgan fingerprint density at radius 1 is 1.03 bits per heavy atom. The number of nitrogens with zero attached hydrogens (tertiary/aromatic N) is 6. The summed E-state index contributed by atoms with van der Waals surface area (Å²) in [6.45, 7) is 1.83. The standard InChI is InChI=1S/C22H15BrFN7O/c1-13-10-19(28-22(32)14-2-4-15(23)5-3-14)31(29-13)21-18-11-27-30(20(18)25-12-26-21)17-8-6-16(24)7-9-17/h2-12H,1H3,(H,28,32). The number of aromatic nitrogens is 6. The third kappa shape index (κ3) is 3.65. The van der Waals surface area contributed by atoms with Gasteiger partial charge < -0.3 is 5.32 Å². The molecular weight excluding hydrogens is 477 g/mol. The minimum absolute atomic E-state index is 0.272. The monoisotopic (exact) mass is 491 g/mol. The minimum Gasteiger partial charge on any atom is -0.306 e. The molecule has 0 radical (unpaired) electrons. The molecule has 1 amide bonds. The zero-order valence-electron chi connectivity index (χ0n) is 16.7. The van der Waals surface area contributed by atoms with Gasteiger partial charge >= 0.3 is 0 Å². The van der Waals surface area contributed by atoms with Gasteiger partial charge in [0.2, 0.25) is 0 Å². The lowest BCUT2D eigenvalue weighted by atomic mass is 10.2. The van der Waals surface area contributed by atoms with Crippen molar-refractivity contribution in [3.63, 3.8) is 0 Å². The smallest absolute Gasteiger partial charge is 0.256 e. The normalized spacial score (nSPS) is 11.1. The summed E-state index contributed by atoms with van der Waals surface area (Å²) in [4.78, 5) is 21.5. The largest absolute Gasteiger partial charge is 0.306 e. The first-order valence-corrected chi connectivity index (χ1v) is 10.4. The van der Waals surface area contributed by atoms with Crippen molar-refractivity contribution < 1.29 is 9.18 Å². The number of hydrogen-bond donors (Lipinski definition) is 1. The van der Waals surface area contributed by atoms with Crippen molar-refractivity contribution in [1.82, 2.24) is 29.5 Å². The van der Waals surface area contributed by atoms with Crippen LogP contribution in [-0.4, -0.2) is 35.4 Å². The fraction of sp³-hybridized carbons (Fsp3) is 0.0455. The predicted octanol–water partition coefficient (Wildman–Crippen LogP) is 4.46. The summed E-state index contributed by atoms with van der Waals surface area (Å²) in [5.41, 5.74) is 2.40. The number of carbonyl (C=O) groups is 1. The molecule has 2 aromatic carbocycles. The van der Waals surface area contributed by atoms with Crippen molar-refractivity contribution >= 4 is 38.7 Å². The highest BCUT2D eigenvalue weighted by Crippen LogP contribution is 2.24. The van der Waals surface area contributed by atoms with Crippen LogP contribution >= 0.6 is 15.9 Å². The third-order valence-corrected chi connectivity index (χ3v) is 5.32. The van der Waals surface area contributed by atoms with E-state index in [0.717, 1.165) is 4.47 Å². The van der Waals surface area contributed by atoms with E-state index in [9.17, 15) is 9.18 Å². The maximum absolute atomic E-state index is 13.3. The first-order valence-electron chi connectivity index (χ1n) is 9.58. The second kappa shape index (κ2) is 7.97. The molecule has 1 N–H and O–H groups in total. The van der Waals surface area contributed by atoms with Gasteiger partial charge in [-0.2, -0.15) is 14.9 Å². The molecule has 8 nitrogen and oxygen atoms in total. The average Bonchev–Trinajstić information content (AvgIpc) is 3.38. The molecule has 0 aliphatic heterocycles. The van der Waals surface area contributed by atoms with Crippen LogP contribution in [-0.2, 0) is 0 Å². The summed E-state index contributed by atoms with van der Waals surface area (Å²) in [7, 11) is 0. The summed E-state index contributed by atoms with van der Waals surface area (Å²) in [6, 6.07) is 14.8. The number of nitrogens with one attached hydrogen (secondary N) is 1. The SMILES string of the molecule is Cc1cc(NC(=O)c2ccc(Br)cc2)n(-c2ncnc3c2cnn3-c2ccc(F)cc2)n1. The Morgan fingerprint density at radius 3 is 2.53 bits per heavy atom. The van der Waals surface area contributed by atoms with Crippen molar-refractivity contribution in [2.24, 2.45) is 0 Å². The summed E-state index contributed by atoms with van der Waals surface area (Å²) < 4.78 is 17.3. The molecule has 10 heteroatoms. The van der Waals surface area contributed by atoms with Crippen LogP contribution in [0.2, 0.25) is 0 Å². The Morgan fingerprint density at radius 2 is 1.78 bits per heavy atom. The van der Waals surface area contributed by atoms with E-state index in [0.29, 0.717) is 39.6 Å². The number of aryl methyl sites for hydroxylation is 1. The van der Waals surface area contributed by atoms with Crippen molar-refractivity contribution in [1.29, 1.82) is 0 Å². The van der Waals surface area contributed by atoms with Gasteiger partial charge in [0, 0.05) is 16.1 Å². The molecule has 5 aromatic rings. The minimum atomic E-state index is -0.335. The van der Waals surface area contributed by atoms with E-state index in [4.69, 9.17) is 0 Å². The Hall–Kier alpha value is -3.92.